The molecular formula is C27H34FN3O5S. The van der Waals surface area contributed by atoms with Gasteiger partial charge in [-0.2, -0.15) is 0 Å². The molecule has 0 bridgehead atoms. The molecule has 0 spiro atoms. The van der Waals surface area contributed by atoms with Crippen LogP contribution >= 0.6 is 0 Å². The Kier molecular flexibility index (Phi) is 10.1. The summed E-state index contributed by atoms with van der Waals surface area (Å²) in [4.78, 5) is 6.80. The Balaban J connectivity index is 1.44. The molecule has 0 saturated carbocycles. The number of fused-ring (bicyclic) bond motifs is 1. The van der Waals surface area contributed by atoms with E-state index in [1.54, 1.807) is 31.5 Å². The molecule has 8 nitrogen and oxygen atoms in total. The van der Waals surface area contributed by atoms with E-state index < -0.39 is 17.2 Å². The van der Waals surface area contributed by atoms with E-state index in [1.807, 2.05) is 13.0 Å². The number of benzene rings is 2. The summed E-state index contributed by atoms with van der Waals surface area (Å²) >= 11 is -1.25. The number of aromatic nitrogens is 1. The van der Waals surface area contributed by atoms with Crippen molar-refractivity contribution in [1.82, 2.24) is 9.88 Å². The van der Waals surface area contributed by atoms with E-state index >= 15 is 0 Å². The minimum absolute atomic E-state index is 0.0554. The second kappa shape index (κ2) is 13.7. The molecule has 1 aromatic heterocycles. The fraction of sp³-hybridized carbons (Fsp3) is 0.444. The van der Waals surface area contributed by atoms with Gasteiger partial charge in [0.2, 0.25) is 0 Å². The van der Waals surface area contributed by atoms with Crippen molar-refractivity contribution in [2.24, 2.45) is 0 Å². The zero-order valence-corrected chi connectivity index (χ0v) is 22.2. The predicted molar refractivity (Wildman–Crippen MR) is 144 cm³/mol. The molecule has 2 heterocycles. The third kappa shape index (κ3) is 7.61. The van der Waals surface area contributed by atoms with E-state index in [0.29, 0.717) is 46.2 Å². The number of hydrogen-bond donors (Lipinski definition) is 1. The molecule has 1 saturated heterocycles. The Morgan fingerprint density at radius 1 is 1.08 bits per heavy atom. The molecule has 3 aromatic rings. The van der Waals surface area contributed by atoms with Crippen molar-refractivity contribution in [3.63, 3.8) is 0 Å². The van der Waals surface area contributed by atoms with Gasteiger partial charge in [-0.15, -0.1) is 0 Å². The highest BCUT2D eigenvalue weighted by molar-refractivity contribution is 7.92. The second-order valence-corrected chi connectivity index (χ2v) is 10.0. The average Bonchev–Trinajstić information content (AvgIpc) is 2.91. The maximum absolute atomic E-state index is 14.8. The summed E-state index contributed by atoms with van der Waals surface area (Å²) in [5, 5.41) is 0.669. The molecule has 200 valence electrons. The molecule has 1 N–H and O–H groups in total. The van der Waals surface area contributed by atoms with Crippen LogP contribution in [0.15, 0.2) is 42.6 Å². The van der Waals surface area contributed by atoms with Crippen LogP contribution in [0.3, 0.4) is 0 Å². The van der Waals surface area contributed by atoms with Crippen LogP contribution in [-0.4, -0.2) is 66.8 Å². The number of rotatable bonds is 13. The molecular weight excluding hydrogens is 497 g/mol. The first kappa shape index (κ1) is 27.3. The summed E-state index contributed by atoms with van der Waals surface area (Å²) in [6.07, 6.45) is 4.27. The van der Waals surface area contributed by atoms with Crippen LogP contribution in [0.25, 0.3) is 10.9 Å². The van der Waals surface area contributed by atoms with Gasteiger partial charge in [0.25, 0.3) is 0 Å². The van der Waals surface area contributed by atoms with Crippen LogP contribution < -0.4 is 18.9 Å². The fourth-order valence-electron chi connectivity index (χ4n) is 4.01. The first-order chi connectivity index (χ1) is 18.1. The van der Waals surface area contributed by atoms with Gasteiger partial charge in [-0.3, -0.25) is 9.88 Å². The molecule has 10 heteroatoms. The van der Waals surface area contributed by atoms with E-state index in [9.17, 15) is 8.94 Å². The molecule has 37 heavy (non-hydrogen) atoms. The molecule has 0 radical (unpaired) electrons. The lowest BCUT2D eigenvalue weighted by Crippen LogP contribution is -2.37. The monoisotopic (exact) mass is 531 g/mol. The van der Waals surface area contributed by atoms with Crippen molar-refractivity contribution in [2.45, 2.75) is 26.2 Å². The van der Waals surface area contributed by atoms with Gasteiger partial charge >= 0.3 is 0 Å². The molecule has 1 aliphatic heterocycles. The molecule has 1 aliphatic rings. The van der Waals surface area contributed by atoms with Crippen molar-refractivity contribution in [3.8, 4) is 23.0 Å². The maximum atomic E-state index is 14.8. The quantitative estimate of drug-likeness (QED) is 0.239. The first-order valence-corrected chi connectivity index (χ1v) is 13.9. The Labute approximate surface area is 220 Å². The number of hydrogen-bond acceptors (Lipinski definition) is 8. The summed E-state index contributed by atoms with van der Waals surface area (Å²) in [5.41, 5.74) is 1.09. The third-order valence-corrected chi connectivity index (χ3v) is 7.16. The summed E-state index contributed by atoms with van der Waals surface area (Å²) in [6, 6.07) is 9.73. The van der Waals surface area contributed by atoms with Crippen LogP contribution in [0, 0.1) is 5.82 Å². The lowest BCUT2D eigenvalue weighted by Gasteiger charge is -2.26. The van der Waals surface area contributed by atoms with Crippen LogP contribution in [0.5, 0.6) is 23.0 Å². The average molecular weight is 532 g/mol. The number of pyridine rings is 1. The SMILES string of the molecule is CCCC[S+]([O-])Nc1ccc(Oc2ccnc3cc(OCCCN4CCOCC4)c(OC)cc23)c(F)c1. The highest BCUT2D eigenvalue weighted by Crippen LogP contribution is 2.38. The lowest BCUT2D eigenvalue weighted by atomic mass is 10.1. The van der Waals surface area contributed by atoms with Crippen molar-refractivity contribution in [2.75, 3.05) is 57.0 Å². The summed E-state index contributed by atoms with van der Waals surface area (Å²) in [6.45, 7) is 6.98. The second-order valence-electron chi connectivity index (χ2n) is 8.74. The molecule has 4 rings (SSSR count). The first-order valence-electron chi connectivity index (χ1n) is 12.6. The number of ether oxygens (including phenoxy) is 4. The van der Waals surface area contributed by atoms with Crippen molar-refractivity contribution < 1.29 is 27.9 Å². The molecule has 2 aromatic carbocycles. The van der Waals surface area contributed by atoms with E-state index in [2.05, 4.69) is 14.6 Å². The normalized spacial score (nSPS) is 14.9. The number of nitrogens with zero attached hydrogens (tertiary/aromatic N) is 2. The maximum Gasteiger partial charge on any atom is 0.167 e. The molecule has 1 unspecified atom stereocenters. The Morgan fingerprint density at radius 2 is 1.92 bits per heavy atom. The third-order valence-electron chi connectivity index (χ3n) is 6.03. The van der Waals surface area contributed by atoms with Gasteiger partial charge in [0, 0.05) is 43.4 Å². The van der Waals surface area contributed by atoms with Gasteiger partial charge in [-0.1, -0.05) is 13.3 Å². The zero-order valence-electron chi connectivity index (χ0n) is 21.3. The number of anilines is 1. The van der Waals surface area contributed by atoms with Gasteiger partial charge < -0.3 is 23.5 Å². The number of methoxy groups -OCH3 is 1. The largest absolute Gasteiger partial charge is 0.593 e. The van der Waals surface area contributed by atoms with Crippen molar-refractivity contribution in [3.05, 3.63) is 48.4 Å². The van der Waals surface area contributed by atoms with Crippen molar-refractivity contribution >= 4 is 28.0 Å². The summed E-state index contributed by atoms with van der Waals surface area (Å²) in [5.74, 6) is 1.59. The minimum Gasteiger partial charge on any atom is -0.593 e. The van der Waals surface area contributed by atoms with Crippen LogP contribution in [0.4, 0.5) is 10.1 Å². The van der Waals surface area contributed by atoms with E-state index in [4.69, 9.17) is 18.9 Å². The summed E-state index contributed by atoms with van der Waals surface area (Å²) < 4.78 is 52.6. The molecule has 0 aliphatic carbocycles. The highest BCUT2D eigenvalue weighted by atomic mass is 32.2. The fourth-order valence-corrected chi connectivity index (χ4v) is 5.05. The van der Waals surface area contributed by atoms with Gasteiger partial charge in [-0.25, -0.2) is 9.11 Å². The van der Waals surface area contributed by atoms with E-state index in [1.165, 1.54) is 12.1 Å². The van der Waals surface area contributed by atoms with Gasteiger partial charge in [0.1, 0.15) is 11.5 Å². The molecule has 1 fully saturated rings. The van der Waals surface area contributed by atoms with Gasteiger partial charge in [0.15, 0.2) is 23.1 Å². The van der Waals surface area contributed by atoms with E-state index in [0.717, 1.165) is 52.1 Å². The number of unbranched alkanes of at least 4 members (excludes halogenated alkanes) is 1. The minimum atomic E-state index is -1.25. The number of halogens is 1. The standard InChI is InChI=1S/C27H34FN3O5S/c1-3-4-16-37(32)30-20-6-7-25(22(28)17-20)36-24-8-9-29-23-19-27(26(33-2)18-21(23)24)35-13-5-10-31-11-14-34-15-12-31/h6-9,17-19,30H,3-5,10-16H2,1-2H3. The Bertz CT molecular complexity index is 1160. The van der Waals surface area contributed by atoms with Crippen molar-refractivity contribution in [1.29, 1.82) is 0 Å². The Morgan fingerprint density at radius 3 is 2.68 bits per heavy atom. The van der Waals surface area contributed by atoms with E-state index in [-0.39, 0.29) is 5.75 Å². The smallest absolute Gasteiger partial charge is 0.167 e. The van der Waals surface area contributed by atoms with Gasteiger partial charge in [-0.05, 0) is 37.1 Å². The lowest BCUT2D eigenvalue weighted by molar-refractivity contribution is 0.0357. The number of morpholine rings is 1. The van der Waals surface area contributed by atoms with Crippen LogP contribution in [0.1, 0.15) is 26.2 Å². The Hall–Kier alpha value is -2.79. The van der Waals surface area contributed by atoms with Crippen LogP contribution in [0.2, 0.25) is 0 Å². The predicted octanol–water partition coefficient (Wildman–Crippen LogP) is 5.15. The highest BCUT2D eigenvalue weighted by Gasteiger charge is 2.15. The van der Waals surface area contributed by atoms with Crippen LogP contribution in [-0.2, 0) is 16.1 Å². The molecule has 1 atom stereocenters. The van der Waals surface area contributed by atoms with Gasteiger partial charge in [0.05, 0.1) is 49.5 Å². The zero-order chi connectivity index (χ0) is 26.0. The number of nitrogens with one attached hydrogen (secondary N) is 1. The summed E-state index contributed by atoms with van der Waals surface area (Å²) in [7, 11) is 1.58. The molecule has 0 amide bonds. The topological polar surface area (TPSA) is 88.1 Å².